The summed E-state index contributed by atoms with van der Waals surface area (Å²) >= 11 is 5.98. The monoisotopic (exact) mass is 420 g/mol. The Kier molecular flexibility index (Phi) is 8.32. The van der Waals surface area contributed by atoms with Crippen molar-refractivity contribution in [2.75, 3.05) is 39.2 Å². The molecule has 0 saturated carbocycles. The number of halogens is 1. The summed E-state index contributed by atoms with van der Waals surface area (Å²) in [5, 5.41) is 13.6. The van der Waals surface area contributed by atoms with Gasteiger partial charge < -0.3 is 19.9 Å². The summed E-state index contributed by atoms with van der Waals surface area (Å²) in [6.07, 6.45) is -0.729. The Balaban J connectivity index is 1.86. The number of nitrogens with one attached hydrogen (secondary N) is 1. The number of carbonyl (C=O) groups excluding carboxylic acids is 1. The molecule has 0 aromatic heterocycles. The van der Waals surface area contributed by atoms with E-state index in [1.54, 1.807) is 30.1 Å². The van der Waals surface area contributed by atoms with Gasteiger partial charge in [0.2, 0.25) is 5.91 Å². The van der Waals surface area contributed by atoms with Crippen molar-refractivity contribution in [3.8, 4) is 11.5 Å². The topological polar surface area (TPSA) is 71.0 Å². The minimum absolute atomic E-state index is 0.106. The zero-order valence-electron chi connectivity index (χ0n) is 17.6. The van der Waals surface area contributed by atoms with Gasteiger partial charge in [0, 0.05) is 11.6 Å². The molecule has 2 rings (SSSR count). The molecule has 29 heavy (non-hydrogen) atoms. The van der Waals surface area contributed by atoms with E-state index in [1.807, 2.05) is 26.8 Å². The van der Waals surface area contributed by atoms with Gasteiger partial charge in [0.25, 0.3) is 0 Å². The van der Waals surface area contributed by atoms with E-state index in [2.05, 4.69) is 11.4 Å². The number of hydrogen-bond acceptors (Lipinski definition) is 5. The van der Waals surface area contributed by atoms with E-state index in [0.717, 1.165) is 22.4 Å². The predicted octanol–water partition coefficient (Wildman–Crippen LogP) is 3.58. The van der Waals surface area contributed by atoms with Crippen LogP contribution in [0.25, 0.3) is 0 Å². The minimum Gasteiger partial charge on any atom is -0.495 e. The Labute approximate surface area is 177 Å². The molecule has 0 radical (unpaired) electrons. The van der Waals surface area contributed by atoms with Crippen molar-refractivity contribution in [3.63, 3.8) is 0 Å². The fourth-order valence-electron chi connectivity index (χ4n) is 3.02. The lowest BCUT2D eigenvalue weighted by atomic mass is 10.1. The van der Waals surface area contributed by atoms with E-state index in [9.17, 15) is 9.90 Å². The number of amides is 1. The fourth-order valence-corrected chi connectivity index (χ4v) is 3.19. The molecule has 0 spiro atoms. The lowest BCUT2D eigenvalue weighted by molar-refractivity contribution is -0.117. The molecule has 0 fully saturated rings. The van der Waals surface area contributed by atoms with Gasteiger partial charge in [-0.1, -0.05) is 23.7 Å². The van der Waals surface area contributed by atoms with Crippen molar-refractivity contribution in [1.29, 1.82) is 0 Å². The van der Waals surface area contributed by atoms with Gasteiger partial charge in [0.1, 0.15) is 24.2 Å². The van der Waals surface area contributed by atoms with Gasteiger partial charge in [0.15, 0.2) is 0 Å². The maximum absolute atomic E-state index is 12.3. The number of rotatable bonds is 9. The highest BCUT2D eigenvalue weighted by Crippen LogP contribution is 2.28. The maximum atomic E-state index is 12.3. The average molecular weight is 421 g/mol. The SMILES string of the molecule is COc1ccc(Cl)cc1NC(=O)CN(C)CC(O)COc1c(C)ccc(C)c1C. The first-order valence-corrected chi connectivity index (χ1v) is 9.78. The summed E-state index contributed by atoms with van der Waals surface area (Å²) < 4.78 is 11.1. The van der Waals surface area contributed by atoms with Crippen molar-refractivity contribution >= 4 is 23.2 Å². The van der Waals surface area contributed by atoms with Crippen molar-refractivity contribution in [1.82, 2.24) is 4.90 Å². The first-order valence-electron chi connectivity index (χ1n) is 9.40. The van der Waals surface area contributed by atoms with Crippen molar-refractivity contribution in [2.45, 2.75) is 26.9 Å². The average Bonchev–Trinajstić information content (AvgIpc) is 2.64. The maximum Gasteiger partial charge on any atom is 0.238 e. The molecule has 2 N–H and O–H groups in total. The molecule has 0 bridgehead atoms. The fraction of sp³-hybridized carbons (Fsp3) is 0.409. The molecule has 0 aliphatic rings. The van der Waals surface area contributed by atoms with Crippen LogP contribution in [0.3, 0.4) is 0 Å². The first kappa shape index (κ1) is 23.0. The van der Waals surface area contributed by atoms with Crippen molar-refractivity contribution in [3.05, 3.63) is 52.0 Å². The molecule has 1 atom stereocenters. The molecule has 1 amide bonds. The second kappa shape index (κ2) is 10.5. The summed E-state index contributed by atoms with van der Waals surface area (Å²) in [6, 6.07) is 9.07. The highest BCUT2D eigenvalue weighted by Gasteiger charge is 2.15. The van der Waals surface area contributed by atoms with E-state index >= 15 is 0 Å². The third-order valence-electron chi connectivity index (χ3n) is 4.67. The molecule has 2 aromatic carbocycles. The second-order valence-corrected chi connectivity index (χ2v) is 7.64. The van der Waals surface area contributed by atoms with E-state index in [4.69, 9.17) is 21.1 Å². The lowest BCUT2D eigenvalue weighted by Gasteiger charge is -2.22. The van der Waals surface area contributed by atoms with Crippen LogP contribution in [0.4, 0.5) is 5.69 Å². The lowest BCUT2D eigenvalue weighted by Crippen LogP contribution is -2.38. The molecule has 7 heteroatoms. The third-order valence-corrected chi connectivity index (χ3v) is 4.90. The number of nitrogens with zero attached hydrogens (tertiary/aromatic N) is 1. The van der Waals surface area contributed by atoms with Crippen LogP contribution in [0.5, 0.6) is 11.5 Å². The zero-order valence-corrected chi connectivity index (χ0v) is 18.3. The number of ether oxygens (including phenoxy) is 2. The number of carbonyl (C=O) groups is 1. The third kappa shape index (κ3) is 6.63. The smallest absolute Gasteiger partial charge is 0.238 e. The Morgan fingerprint density at radius 3 is 2.59 bits per heavy atom. The Bertz CT molecular complexity index is 857. The number of methoxy groups -OCH3 is 1. The van der Waals surface area contributed by atoms with Gasteiger partial charge in [-0.25, -0.2) is 0 Å². The first-order chi connectivity index (χ1) is 13.7. The van der Waals surface area contributed by atoms with E-state index < -0.39 is 6.10 Å². The van der Waals surface area contributed by atoms with Crippen LogP contribution in [0.2, 0.25) is 5.02 Å². The summed E-state index contributed by atoms with van der Waals surface area (Å²) in [6.45, 7) is 6.57. The van der Waals surface area contributed by atoms with Crippen LogP contribution in [-0.2, 0) is 4.79 Å². The van der Waals surface area contributed by atoms with E-state index in [1.165, 1.54) is 7.11 Å². The van der Waals surface area contributed by atoms with Gasteiger partial charge >= 0.3 is 0 Å². The minimum atomic E-state index is -0.729. The van der Waals surface area contributed by atoms with Gasteiger partial charge in [-0.3, -0.25) is 9.69 Å². The van der Waals surface area contributed by atoms with Crippen LogP contribution in [0.1, 0.15) is 16.7 Å². The van der Waals surface area contributed by atoms with Gasteiger partial charge in [-0.05, 0) is 62.7 Å². The Morgan fingerprint density at radius 1 is 1.21 bits per heavy atom. The van der Waals surface area contributed by atoms with Crippen LogP contribution < -0.4 is 14.8 Å². The summed E-state index contributed by atoms with van der Waals surface area (Å²) in [5.41, 5.74) is 3.75. The summed E-state index contributed by atoms with van der Waals surface area (Å²) in [7, 11) is 3.29. The normalized spacial score (nSPS) is 12.0. The van der Waals surface area contributed by atoms with Gasteiger partial charge in [-0.15, -0.1) is 0 Å². The number of likely N-dealkylation sites (N-methyl/N-ethyl adjacent to an activating group) is 1. The summed E-state index contributed by atoms with van der Waals surface area (Å²) in [4.78, 5) is 14.1. The number of anilines is 1. The molecule has 0 heterocycles. The second-order valence-electron chi connectivity index (χ2n) is 7.21. The van der Waals surface area contributed by atoms with E-state index in [-0.39, 0.29) is 19.1 Å². The molecule has 158 valence electrons. The zero-order chi connectivity index (χ0) is 21.6. The quantitative estimate of drug-likeness (QED) is 0.648. The van der Waals surface area contributed by atoms with Crippen LogP contribution >= 0.6 is 11.6 Å². The molecular weight excluding hydrogens is 392 g/mol. The van der Waals surface area contributed by atoms with Gasteiger partial charge in [-0.2, -0.15) is 0 Å². The number of benzene rings is 2. The van der Waals surface area contributed by atoms with Crippen molar-refractivity contribution in [2.24, 2.45) is 0 Å². The van der Waals surface area contributed by atoms with Gasteiger partial charge in [0.05, 0.1) is 19.3 Å². The van der Waals surface area contributed by atoms with Crippen LogP contribution in [-0.4, -0.2) is 55.9 Å². The standard InChI is InChI=1S/C22H29ClN2O4/c1-14-6-7-15(2)22(16(14)3)29-13-18(26)11-25(4)12-21(27)24-19-10-17(23)8-9-20(19)28-5/h6-10,18,26H,11-13H2,1-5H3,(H,24,27). The Hall–Kier alpha value is -2.28. The van der Waals surface area contributed by atoms with Crippen LogP contribution in [0, 0.1) is 20.8 Å². The Morgan fingerprint density at radius 2 is 1.90 bits per heavy atom. The molecule has 0 aliphatic heterocycles. The molecule has 2 aromatic rings. The number of aliphatic hydroxyl groups excluding tert-OH is 1. The number of aryl methyl sites for hydroxylation is 2. The highest BCUT2D eigenvalue weighted by atomic mass is 35.5. The predicted molar refractivity (Wildman–Crippen MR) is 116 cm³/mol. The molecule has 6 nitrogen and oxygen atoms in total. The molecular formula is C22H29ClN2O4. The largest absolute Gasteiger partial charge is 0.495 e. The molecule has 0 saturated heterocycles. The van der Waals surface area contributed by atoms with E-state index in [0.29, 0.717) is 23.0 Å². The highest BCUT2D eigenvalue weighted by molar-refractivity contribution is 6.31. The number of hydrogen-bond donors (Lipinski definition) is 2. The van der Waals surface area contributed by atoms with Crippen LogP contribution in [0.15, 0.2) is 30.3 Å². The molecule has 1 unspecified atom stereocenters. The molecule has 0 aliphatic carbocycles. The number of aliphatic hydroxyl groups is 1. The van der Waals surface area contributed by atoms with Crippen molar-refractivity contribution < 1.29 is 19.4 Å². The summed E-state index contributed by atoms with van der Waals surface area (Å²) in [5.74, 6) is 1.10.